The molecule has 0 aromatic heterocycles. The van der Waals surface area contributed by atoms with Gasteiger partial charge in [-0.3, -0.25) is 14.9 Å². The van der Waals surface area contributed by atoms with Crippen molar-refractivity contribution in [1.29, 1.82) is 5.26 Å². The standard InChI is InChI=1S/C18H15N3O6/c1-11(17(22)20-13-5-3-12(10-19)4-6-13)27-18(23)15-9-14(21(24)25)7-8-16(15)26-2/h3-9,11H,1-2H3,(H,20,22)/t11-/m1/s1. The first-order valence-electron chi connectivity index (χ1n) is 7.70. The average molecular weight is 369 g/mol. The van der Waals surface area contributed by atoms with Crippen molar-refractivity contribution in [1.82, 2.24) is 0 Å². The molecular formula is C18H15N3O6. The van der Waals surface area contributed by atoms with Gasteiger partial charge in [-0.1, -0.05) is 0 Å². The predicted molar refractivity (Wildman–Crippen MR) is 94.3 cm³/mol. The predicted octanol–water partition coefficient (Wildman–Crippen LogP) is 2.66. The minimum Gasteiger partial charge on any atom is -0.496 e. The van der Waals surface area contributed by atoms with Crippen LogP contribution in [0.1, 0.15) is 22.8 Å². The van der Waals surface area contributed by atoms with Gasteiger partial charge < -0.3 is 14.8 Å². The second-order valence-corrected chi connectivity index (χ2v) is 5.37. The minimum atomic E-state index is -1.17. The van der Waals surface area contributed by atoms with Crippen LogP contribution in [0, 0.1) is 21.4 Å². The molecule has 0 aliphatic heterocycles. The van der Waals surface area contributed by atoms with Gasteiger partial charge in [0.05, 0.1) is 23.7 Å². The van der Waals surface area contributed by atoms with Gasteiger partial charge in [-0.05, 0) is 37.3 Å². The Kier molecular flexibility index (Phi) is 6.06. The number of hydrogen-bond donors (Lipinski definition) is 1. The van der Waals surface area contributed by atoms with E-state index >= 15 is 0 Å². The maximum atomic E-state index is 12.3. The lowest BCUT2D eigenvalue weighted by molar-refractivity contribution is -0.384. The number of carbonyl (C=O) groups excluding carboxylic acids is 2. The Morgan fingerprint density at radius 3 is 2.44 bits per heavy atom. The Balaban J connectivity index is 2.10. The maximum Gasteiger partial charge on any atom is 0.342 e. The highest BCUT2D eigenvalue weighted by atomic mass is 16.6. The van der Waals surface area contributed by atoms with E-state index < -0.39 is 22.9 Å². The first-order chi connectivity index (χ1) is 12.8. The Hall–Kier alpha value is -3.93. The number of esters is 1. The largest absolute Gasteiger partial charge is 0.496 e. The number of nitrogens with one attached hydrogen (secondary N) is 1. The van der Waals surface area contributed by atoms with Gasteiger partial charge in [0.15, 0.2) is 6.10 Å². The molecule has 0 aliphatic carbocycles. The van der Waals surface area contributed by atoms with Crippen LogP contribution in [0.2, 0.25) is 0 Å². The lowest BCUT2D eigenvalue weighted by Crippen LogP contribution is -2.30. The Labute approximate surface area is 154 Å². The van der Waals surface area contributed by atoms with E-state index in [0.29, 0.717) is 11.3 Å². The van der Waals surface area contributed by atoms with E-state index in [-0.39, 0.29) is 17.0 Å². The molecule has 0 fully saturated rings. The quantitative estimate of drug-likeness (QED) is 0.470. The number of nitrogens with zero attached hydrogens (tertiary/aromatic N) is 2. The van der Waals surface area contributed by atoms with Crippen LogP contribution < -0.4 is 10.1 Å². The number of hydrogen-bond acceptors (Lipinski definition) is 7. The average Bonchev–Trinajstić information content (AvgIpc) is 2.67. The van der Waals surface area contributed by atoms with Crippen molar-refractivity contribution in [3.8, 4) is 11.8 Å². The molecule has 1 N–H and O–H groups in total. The van der Waals surface area contributed by atoms with Gasteiger partial charge in [0, 0.05) is 17.8 Å². The molecule has 0 saturated carbocycles. The van der Waals surface area contributed by atoms with Gasteiger partial charge in [-0.15, -0.1) is 0 Å². The zero-order valence-corrected chi connectivity index (χ0v) is 14.5. The van der Waals surface area contributed by atoms with E-state index in [4.69, 9.17) is 14.7 Å². The number of nitro groups is 1. The summed E-state index contributed by atoms with van der Waals surface area (Å²) in [5.41, 5.74) is 0.391. The second kappa shape index (κ2) is 8.44. The SMILES string of the molecule is COc1ccc([N+](=O)[O-])cc1C(=O)O[C@H](C)C(=O)Nc1ccc(C#N)cc1. The van der Waals surface area contributed by atoms with Gasteiger partial charge in [0.1, 0.15) is 11.3 Å². The van der Waals surface area contributed by atoms with E-state index in [1.165, 1.54) is 50.4 Å². The van der Waals surface area contributed by atoms with Gasteiger partial charge in [0.2, 0.25) is 0 Å². The minimum absolute atomic E-state index is 0.0882. The van der Waals surface area contributed by atoms with Crippen LogP contribution >= 0.6 is 0 Å². The van der Waals surface area contributed by atoms with Crippen LogP contribution in [-0.4, -0.2) is 30.0 Å². The molecule has 9 heteroatoms. The summed E-state index contributed by atoms with van der Waals surface area (Å²) in [4.78, 5) is 34.7. The number of ether oxygens (including phenoxy) is 2. The number of anilines is 1. The third kappa shape index (κ3) is 4.79. The Morgan fingerprint density at radius 1 is 1.22 bits per heavy atom. The van der Waals surface area contributed by atoms with Crippen molar-refractivity contribution in [3.05, 3.63) is 63.7 Å². The molecule has 0 heterocycles. The molecule has 1 atom stereocenters. The van der Waals surface area contributed by atoms with Crippen molar-refractivity contribution < 1.29 is 24.0 Å². The van der Waals surface area contributed by atoms with Crippen LogP contribution in [0.3, 0.4) is 0 Å². The number of nitro benzene ring substituents is 1. The van der Waals surface area contributed by atoms with Gasteiger partial charge in [-0.2, -0.15) is 5.26 Å². The highest BCUT2D eigenvalue weighted by molar-refractivity contribution is 5.98. The van der Waals surface area contributed by atoms with Crippen molar-refractivity contribution >= 4 is 23.3 Å². The van der Waals surface area contributed by atoms with Gasteiger partial charge in [0.25, 0.3) is 11.6 Å². The second-order valence-electron chi connectivity index (χ2n) is 5.37. The van der Waals surface area contributed by atoms with Crippen LogP contribution in [-0.2, 0) is 9.53 Å². The van der Waals surface area contributed by atoms with Crippen LogP contribution in [0.15, 0.2) is 42.5 Å². The van der Waals surface area contributed by atoms with E-state index in [2.05, 4.69) is 5.32 Å². The molecule has 9 nitrogen and oxygen atoms in total. The molecule has 138 valence electrons. The summed E-state index contributed by atoms with van der Waals surface area (Å²) >= 11 is 0. The summed E-state index contributed by atoms with van der Waals surface area (Å²) in [7, 11) is 1.30. The molecule has 27 heavy (non-hydrogen) atoms. The maximum absolute atomic E-state index is 12.3. The van der Waals surface area contributed by atoms with Gasteiger partial charge >= 0.3 is 5.97 Å². The fourth-order valence-electron chi connectivity index (χ4n) is 2.12. The van der Waals surface area contributed by atoms with Gasteiger partial charge in [-0.25, -0.2) is 4.79 Å². The first-order valence-corrected chi connectivity index (χ1v) is 7.70. The van der Waals surface area contributed by atoms with E-state index in [1.807, 2.05) is 6.07 Å². The fraction of sp³-hybridized carbons (Fsp3) is 0.167. The molecule has 0 unspecified atom stereocenters. The summed E-state index contributed by atoms with van der Waals surface area (Å²) < 4.78 is 10.1. The molecule has 2 aromatic carbocycles. The number of methoxy groups -OCH3 is 1. The zero-order valence-electron chi connectivity index (χ0n) is 14.5. The van der Waals surface area contributed by atoms with Crippen molar-refractivity contribution in [2.75, 3.05) is 12.4 Å². The normalized spacial score (nSPS) is 11.0. The molecule has 2 rings (SSSR count). The fourth-order valence-corrected chi connectivity index (χ4v) is 2.12. The first kappa shape index (κ1) is 19.4. The highest BCUT2D eigenvalue weighted by Gasteiger charge is 2.23. The monoisotopic (exact) mass is 369 g/mol. The number of amides is 1. The number of rotatable bonds is 6. The molecule has 2 aromatic rings. The van der Waals surface area contributed by atoms with Crippen molar-refractivity contribution in [2.24, 2.45) is 0 Å². The third-order valence-electron chi connectivity index (χ3n) is 3.55. The van der Waals surface area contributed by atoms with Crippen molar-refractivity contribution in [2.45, 2.75) is 13.0 Å². The summed E-state index contributed by atoms with van der Waals surface area (Å²) in [5.74, 6) is -1.44. The molecule has 0 bridgehead atoms. The molecule has 1 amide bonds. The smallest absolute Gasteiger partial charge is 0.342 e. The lowest BCUT2D eigenvalue weighted by Gasteiger charge is -2.14. The topological polar surface area (TPSA) is 132 Å². The number of non-ortho nitro benzene ring substituents is 1. The third-order valence-corrected chi connectivity index (χ3v) is 3.55. The number of carbonyl (C=O) groups is 2. The summed E-state index contributed by atoms with van der Waals surface area (Å²) in [5, 5.41) is 22.2. The summed E-state index contributed by atoms with van der Waals surface area (Å²) in [6, 6.07) is 11.6. The molecule has 0 aliphatic rings. The number of benzene rings is 2. The highest BCUT2D eigenvalue weighted by Crippen LogP contribution is 2.25. The van der Waals surface area contributed by atoms with Crippen LogP contribution in [0.25, 0.3) is 0 Å². The van der Waals surface area contributed by atoms with Crippen LogP contribution in [0.5, 0.6) is 5.75 Å². The summed E-state index contributed by atoms with van der Waals surface area (Å²) in [6.07, 6.45) is -1.17. The molecule has 0 radical (unpaired) electrons. The van der Waals surface area contributed by atoms with Crippen LogP contribution in [0.4, 0.5) is 11.4 Å². The van der Waals surface area contributed by atoms with E-state index in [1.54, 1.807) is 0 Å². The molecule has 0 saturated heterocycles. The zero-order chi connectivity index (χ0) is 20.0. The summed E-state index contributed by atoms with van der Waals surface area (Å²) in [6.45, 7) is 1.36. The van der Waals surface area contributed by atoms with Crippen molar-refractivity contribution in [3.63, 3.8) is 0 Å². The Bertz CT molecular complexity index is 918. The molecular weight excluding hydrogens is 354 g/mol. The van der Waals surface area contributed by atoms with E-state index in [0.717, 1.165) is 6.07 Å². The van der Waals surface area contributed by atoms with E-state index in [9.17, 15) is 19.7 Å². The number of nitriles is 1. The lowest BCUT2D eigenvalue weighted by atomic mass is 10.1. The molecule has 0 spiro atoms. The Morgan fingerprint density at radius 2 is 1.89 bits per heavy atom.